The summed E-state index contributed by atoms with van der Waals surface area (Å²) in [5.74, 6) is 0. The van der Waals surface area contributed by atoms with Gasteiger partial charge in [-0.25, -0.2) is 13.1 Å². The molecule has 118 valence electrons. The summed E-state index contributed by atoms with van der Waals surface area (Å²) in [6, 6.07) is 11.2. The number of aryl methyl sites for hydroxylation is 1. The average molecular weight is 329 g/mol. The Morgan fingerprint density at radius 1 is 1.00 bits per heavy atom. The van der Waals surface area contributed by atoms with Gasteiger partial charge in [-0.05, 0) is 30.2 Å². The Balaban J connectivity index is 2.31. The maximum Gasteiger partial charge on any atom is 0.417 e. The standard InChI is InChI=1S/C15H14F3NO2S/c1-11-6-2-3-7-12(11)10-19-22(20,21)14-9-5-4-8-13(14)15(16,17)18/h2-9,19H,10H2,1H3. The van der Waals surface area contributed by atoms with Gasteiger partial charge < -0.3 is 0 Å². The lowest BCUT2D eigenvalue weighted by molar-refractivity contribution is -0.139. The van der Waals surface area contributed by atoms with Crippen LogP contribution in [0.25, 0.3) is 0 Å². The lowest BCUT2D eigenvalue weighted by atomic mass is 10.1. The maximum atomic E-state index is 12.9. The van der Waals surface area contributed by atoms with E-state index >= 15 is 0 Å². The van der Waals surface area contributed by atoms with Crippen LogP contribution in [0, 0.1) is 6.92 Å². The van der Waals surface area contributed by atoms with Crippen molar-refractivity contribution in [2.75, 3.05) is 0 Å². The van der Waals surface area contributed by atoms with Crippen molar-refractivity contribution in [3.05, 3.63) is 65.2 Å². The van der Waals surface area contributed by atoms with E-state index in [2.05, 4.69) is 4.72 Å². The van der Waals surface area contributed by atoms with Gasteiger partial charge in [0.1, 0.15) is 0 Å². The molecule has 0 aliphatic carbocycles. The molecule has 7 heteroatoms. The normalized spacial score (nSPS) is 12.4. The molecular formula is C15H14F3NO2S. The fourth-order valence-electron chi connectivity index (χ4n) is 1.99. The van der Waals surface area contributed by atoms with Gasteiger partial charge in [0, 0.05) is 6.54 Å². The predicted octanol–water partition coefficient (Wildman–Crippen LogP) is 3.49. The Hall–Kier alpha value is -1.86. The van der Waals surface area contributed by atoms with Crippen LogP contribution in [0.1, 0.15) is 16.7 Å². The molecule has 2 aromatic rings. The number of benzene rings is 2. The molecule has 1 N–H and O–H groups in total. The number of hydrogen-bond donors (Lipinski definition) is 1. The highest BCUT2D eigenvalue weighted by Crippen LogP contribution is 2.33. The Morgan fingerprint density at radius 3 is 2.23 bits per heavy atom. The Bertz CT molecular complexity index is 770. The number of rotatable bonds is 4. The summed E-state index contributed by atoms with van der Waals surface area (Å²) in [5.41, 5.74) is 0.386. The van der Waals surface area contributed by atoms with E-state index in [4.69, 9.17) is 0 Å². The second-order valence-electron chi connectivity index (χ2n) is 4.74. The van der Waals surface area contributed by atoms with Gasteiger partial charge in [0.05, 0.1) is 10.5 Å². The van der Waals surface area contributed by atoms with Crippen LogP contribution in [0.2, 0.25) is 0 Å². The van der Waals surface area contributed by atoms with Crippen molar-refractivity contribution in [2.45, 2.75) is 24.5 Å². The third-order valence-corrected chi connectivity index (χ3v) is 4.66. The molecule has 0 saturated carbocycles. The first-order chi connectivity index (χ1) is 10.2. The van der Waals surface area contributed by atoms with Crippen molar-refractivity contribution < 1.29 is 21.6 Å². The lowest BCUT2D eigenvalue weighted by Gasteiger charge is -2.14. The lowest BCUT2D eigenvalue weighted by Crippen LogP contribution is -2.26. The number of halogens is 3. The van der Waals surface area contributed by atoms with Gasteiger partial charge in [-0.15, -0.1) is 0 Å². The summed E-state index contributed by atoms with van der Waals surface area (Å²) in [4.78, 5) is -0.768. The molecule has 0 fully saturated rings. The van der Waals surface area contributed by atoms with Crippen LogP contribution in [0.5, 0.6) is 0 Å². The van der Waals surface area contributed by atoms with Gasteiger partial charge in [0.25, 0.3) is 0 Å². The number of nitrogens with one attached hydrogen (secondary N) is 1. The largest absolute Gasteiger partial charge is 0.417 e. The van der Waals surface area contributed by atoms with Crippen molar-refractivity contribution in [1.29, 1.82) is 0 Å². The summed E-state index contributed by atoms with van der Waals surface area (Å²) in [7, 11) is -4.26. The van der Waals surface area contributed by atoms with Crippen molar-refractivity contribution in [3.8, 4) is 0 Å². The Kier molecular flexibility index (Phi) is 4.58. The molecule has 0 amide bonds. The molecule has 0 radical (unpaired) electrons. The molecule has 3 nitrogen and oxygen atoms in total. The minimum absolute atomic E-state index is 0.0683. The minimum Gasteiger partial charge on any atom is -0.207 e. The van der Waals surface area contributed by atoms with Crippen LogP contribution >= 0.6 is 0 Å². The van der Waals surface area contributed by atoms with Crippen molar-refractivity contribution in [2.24, 2.45) is 0 Å². The smallest absolute Gasteiger partial charge is 0.207 e. The van der Waals surface area contributed by atoms with Crippen molar-refractivity contribution in [3.63, 3.8) is 0 Å². The van der Waals surface area contributed by atoms with Crippen LogP contribution in [0.15, 0.2) is 53.4 Å². The van der Waals surface area contributed by atoms with Crippen LogP contribution in [-0.4, -0.2) is 8.42 Å². The SMILES string of the molecule is Cc1ccccc1CNS(=O)(=O)c1ccccc1C(F)(F)F. The van der Waals surface area contributed by atoms with E-state index in [0.717, 1.165) is 23.8 Å². The highest BCUT2D eigenvalue weighted by molar-refractivity contribution is 7.89. The van der Waals surface area contributed by atoms with Gasteiger partial charge >= 0.3 is 6.18 Å². The van der Waals surface area contributed by atoms with Crippen molar-refractivity contribution >= 4 is 10.0 Å². The van der Waals surface area contributed by atoms with Gasteiger partial charge in [0.2, 0.25) is 10.0 Å². The summed E-state index contributed by atoms with van der Waals surface area (Å²) < 4.78 is 65.3. The second kappa shape index (κ2) is 6.10. The molecule has 0 saturated heterocycles. The molecule has 0 aliphatic heterocycles. The quantitative estimate of drug-likeness (QED) is 0.933. The third-order valence-electron chi connectivity index (χ3n) is 3.20. The summed E-state index contributed by atoms with van der Waals surface area (Å²) in [6.07, 6.45) is -4.73. The van der Waals surface area contributed by atoms with E-state index in [-0.39, 0.29) is 6.54 Å². The molecule has 0 spiro atoms. The molecule has 2 aromatic carbocycles. The zero-order valence-corrected chi connectivity index (χ0v) is 12.5. The molecule has 0 bridgehead atoms. The zero-order chi connectivity index (χ0) is 16.4. The molecule has 0 aliphatic rings. The van der Waals surface area contributed by atoms with Gasteiger partial charge in [-0.3, -0.25) is 0 Å². The predicted molar refractivity (Wildman–Crippen MR) is 76.6 cm³/mol. The van der Waals surface area contributed by atoms with E-state index in [0.29, 0.717) is 5.56 Å². The highest BCUT2D eigenvalue weighted by atomic mass is 32.2. The first-order valence-electron chi connectivity index (χ1n) is 6.42. The summed E-state index contributed by atoms with van der Waals surface area (Å²) >= 11 is 0. The Labute approximate surface area is 126 Å². The molecule has 0 atom stereocenters. The van der Waals surface area contributed by atoms with Crippen molar-refractivity contribution in [1.82, 2.24) is 4.72 Å². The van der Waals surface area contributed by atoms with Gasteiger partial charge in [-0.1, -0.05) is 36.4 Å². The summed E-state index contributed by atoms with van der Waals surface area (Å²) in [6.45, 7) is 1.73. The van der Waals surface area contributed by atoms with E-state index in [1.165, 1.54) is 6.07 Å². The summed E-state index contributed by atoms with van der Waals surface area (Å²) in [5, 5.41) is 0. The fraction of sp³-hybridized carbons (Fsp3) is 0.200. The molecule has 0 unspecified atom stereocenters. The average Bonchev–Trinajstić information content (AvgIpc) is 2.46. The molecular weight excluding hydrogens is 315 g/mol. The topological polar surface area (TPSA) is 46.2 Å². The van der Waals surface area contributed by atoms with Crippen LogP contribution in [0.3, 0.4) is 0 Å². The minimum atomic E-state index is -4.73. The Morgan fingerprint density at radius 2 is 1.59 bits per heavy atom. The molecule has 22 heavy (non-hydrogen) atoms. The van der Waals surface area contributed by atoms with Crippen LogP contribution < -0.4 is 4.72 Å². The number of hydrogen-bond acceptors (Lipinski definition) is 2. The van der Waals surface area contributed by atoms with E-state index in [9.17, 15) is 21.6 Å². The maximum absolute atomic E-state index is 12.9. The molecule has 2 rings (SSSR count). The molecule has 0 heterocycles. The third kappa shape index (κ3) is 3.66. The van der Waals surface area contributed by atoms with E-state index in [1.807, 2.05) is 0 Å². The van der Waals surface area contributed by atoms with Crippen LogP contribution in [-0.2, 0) is 22.7 Å². The number of sulfonamides is 1. The van der Waals surface area contributed by atoms with E-state index < -0.39 is 26.7 Å². The monoisotopic (exact) mass is 329 g/mol. The first-order valence-corrected chi connectivity index (χ1v) is 7.90. The van der Waals surface area contributed by atoms with Crippen LogP contribution in [0.4, 0.5) is 13.2 Å². The van der Waals surface area contributed by atoms with Gasteiger partial charge in [-0.2, -0.15) is 13.2 Å². The zero-order valence-electron chi connectivity index (χ0n) is 11.7. The van der Waals surface area contributed by atoms with E-state index in [1.54, 1.807) is 31.2 Å². The number of alkyl halides is 3. The first kappa shape index (κ1) is 16.5. The highest BCUT2D eigenvalue weighted by Gasteiger charge is 2.36. The second-order valence-corrected chi connectivity index (χ2v) is 6.48. The molecule has 0 aromatic heterocycles. The fourth-order valence-corrected chi connectivity index (χ4v) is 3.23. The van der Waals surface area contributed by atoms with Gasteiger partial charge in [0.15, 0.2) is 0 Å².